The molecule has 1 N–H and O–H groups in total. The van der Waals surface area contributed by atoms with Crippen molar-refractivity contribution in [3.8, 4) is 0 Å². The first-order chi connectivity index (χ1) is 13.1. The third-order valence-corrected chi connectivity index (χ3v) is 7.71. The molecule has 0 saturated carbocycles. The largest absolute Gasteiger partial charge is 0.481 e. The Morgan fingerprint density at radius 2 is 2.11 bits per heavy atom. The summed E-state index contributed by atoms with van der Waals surface area (Å²) in [5.41, 5.74) is 1.26. The number of aliphatic carboxylic acids is 1. The Labute approximate surface area is 172 Å². The van der Waals surface area contributed by atoms with Crippen molar-refractivity contribution in [3.63, 3.8) is 0 Å². The van der Waals surface area contributed by atoms with Gasteiger partial charge in [-0.3, -0.25) is 4.79 Å². The number of carboxylic acid groups (broad SMARTS) is 1. The molecule has 1 aromatic heterocycles. The van der Waals surface area contributed by atoms with Gasteiger partial charge < -0.3 is 10.0 Å². The van der Waals surface area contributed by atoms with Crippen LogP contribution >= 0.6 is 35.1 Å². The van der Waals surface area contributed by atoms with Gasteiger partial charge >= 0.3 is 5.97 Å². The molecule has 0 aliphatic carbocycles. The quantitative estimate of drug-likeness (QED) is 0.657. The van der Waals surface area contributed by atoms with Crippen LogP contribution in [0.15, 0.2) is 46.3 Å². The summed E-state index contributed by atoms with van der Waals surface area (Å²) in [6.45, 7) is 0.941. The molecule has 3 atom stereocenters. The van der Waals surface area contributed by atoms with Crippen molar-refractivity contribution >= 4 is 46.9 Å². The molecular formula is C20H21ClN2O2S2. The molecule has 0 radical (unpaired) electrons. The minimum Gasteiger partial charge on any atom is -0.481 e. The molecule has 3 unspecified atom stereocenters. The summed E-state index contributed by atoms with van der Waals surface area (Å²) < 4.78 is 0. The van der Waals surface area contributed by atoms with Crippen molar-refractivity contribution in [1.29, 1.82) is 0 Å². The fourth-order valence-electron chi connectivity index (χ4n) is 4.28. The van der Waals surface area contributed by atoms with E-state index < -0.39 is 5.97 Å². The number of pyridine rings is 1. The molecule has 1 saturated heterocycles. The molecule has 3 heterocycles. The Bertz CT molecular complexity index is 846. The van der Waals surface area contributed by atoms with E-state index in [-0.39, 0.29) is 23.6 Å². The van der Waals surface area contributed by atoms with Crippen LogP contribution in [0.2, 0.25) is 5.02 Å². The molecule has 27 heavy (non-hydrogen) atoms. The normalized spacial score (nSPS) is 23.8. The van der Waals surface area contributed by atoms with E-state index in [4.69, 9.17) is 16.6 Å². The van der Waals surface area contributed by atoms with Gasteiger partial charge in [-0.1, -0.05) is 11.6 Å². The number of benzene rings is 1. The maximum absolute atomic E-state index is 11.5. The minimum absolute atomic E-state index is 0.130. The summed E-state index contributed by atoms with van der Waals surface area (Å²) >= 11 is 9.59. The number of hydrogen-bond donors (Lipinski definition) is 1. The van der Waals surface area contributed by atoms with Crippen LogP contribution in [0.1, 0.15) is 30.1 Å². The van der Waals surface area contributed by atoms with Crippen LogP contribution < -0.4 is 4.90 Å². The number of fused-ring (bicyclic) bond motifs is 3. The number of carboxylic acids is 1. The van der Waals surface area contributed by atoms with Crippen molar-refractivity contribution in [2.24, 2.45) is 5.92 Å². The highest BCUT2D eigenvalue weighted by Gasteiger charge is 2.47. The van der Waals surface area contributed by atoms with E-state index in [0.717, 1.165) is 35.1 Å². The van der Waals surface area contributed by atoms with Gasteiger partial charge in [-0.15, -0.1) is 23.5 Å². The summed E-state index contributed by atoms with van der Waals surface area (Å²) in [5.74, 6) is 0.449. The molecule has 0 bridgehead atoms. The van der Waals surface area contributed by atoms with Gasteiger partial charge in [-0.05, 0) is 55.3 Å². The van der Waals surface area contributed by atoms with Gasteiger partial charge in [0.15, 0.2) is 0 Å². The Kier molecular flexibility index (Phi) is 5.58. The van der Waals surface area contributed by atoms with Crippen LogP contribution in [0.5, 0.6) is 0 Å². The molecule has 0 amide bonds. The van der Waals surface area contributed by atoms with Gasteiger partial charge in [0.05, 0.1) is 17.7 Å². The molecule has 7 heteroatoms. The van der Waals surface area contributed by atoms with Crippen LogP contribution in [-0.4, -0.2) is 34.9 Å². The minimum atomic E-state index is -0.717. The molecule has 0 spiro atoms. The molecule has 1 aromatic carbocycles. The van der Waals surface area contributed by atoms with E-state index in [9.17, 15) is 9.90 Å². The average Bonchev–Trinajstić information content (AvgIpc) is 2.98. The zero-order valence-electron chi connectivity index (χ0n) is 15.0. The Balaban J connectivity index is 1.76. The number of halogens is 1. The molecule has 2 aliphatic rings. The zero-order chi connectivity index (χ0) is 19.0. The summed E-state index contributed by atoms with van der Waals surface area (Å²) in [5, 5.41) is 10.3. The third kappa shape index (κ3) is 3.67. The second kappa shape index (κ2) is 7.94. The fourth-order valence-corrected chi connectivity index (χ4v) is 6.56. The number of nitrogens with zero attached hydrogens (tertiary/aromatic N) is 2. The second-order valence-corrected chi connectivity index (χ2v) is 9.43. The first kappa shape index (κ1) is 19.0. The fraction of sp³-hybridized carbons (Fsp3) is 0.400. The van der Waals surface area contributed by atoms with Crippen LogP contribution in [0.3, 0.4) is 0 Å². The van der Waals surface area contributed by atoms with E-state index in [1.54, 1.807) is 23.5 Å². The number of anilines is 1. The number of thioether (sulfide) groups is 2. The lowest BCUT2D eigenvalue weighted by molar-refractivity contribution is -0.138. The van der Waals surface area contributed by atoms with Crippen molar-refractivity contribution in [1.82, 2.24) is 4.98 Å². The molecular weight excluding hydrogens is 400 g/mol. The highest BCUT2D eigenvalue weighted by atomic mass is 35.5. The molecule has 2 aromatic rings. The number of rotatable bonds is 5. The van der Waals surface area contributed by atoms with Crippen LogP contribution in [0, 0.1) is 5.92 Å². The first-order valence-electron chi connectivity index (χ1n) is 9.02. The predicted molar refractivity (Wildman–Crippen MR) is 112 cm³/mol. The van der Waals surface area contributed by atoms with Crippen molar-refractivity contribution in [2.75, 3.05) is 17.7 Å². The lowest BCUT2D eigenvalue weighted by Gasteiger charge is -2.39. The average molecular weight is 421 g/mol. The molecule has 1 fully saturated rings. The molecule has 142 valence electrons. The van der Waals surface area contributed by atoms with Gasteiger partial charge in [-0.2, -0.15) is 0 Å². The molecule has 4 rings (SSSR count). The van der Waals surface area contributed by atoms with Gasteiger partial charge in [0.1, 0.15) is 5.82 Å². The standard InChI is InChI=1S/C20H21ClN2O2S2/c1-26-15-8-9-22-20-17(15)19(27-14-6-4-13(21)5-7-14)18-12(11-16(24)25)3-2-10-23(18)20/h4-9,12,18-19H,2-3,10-11H2,1H3,(H,24,25). The highest BCUT2D eigenvalue weighted by Crippen LogP contribution is 2.55. The SMILES string of the molecule is CSc1ccnc2c1C(Sc1ccc(Cl)cc1)C1C(CC(=O)O)CCCN21. The number of aromatic nitrogens is 1. The van der Waals surface area contributed by atoms with E-state index in [0.29, 0.717) is 0 Å². The predicted octanol–water partition coefficient (Wildman–Crippen LogP) is 5.36. The van der Waals surface area contributed by atoms with Gasteiger partial charge in [-0.25, -0.2) is 4.98 Å². The monoisotopic (exact) mass is 420 g/mol. The van der Waals surface area contributed by atoms with Crippen LogP contribution in [0.4, 0.5) is 5.82 Å². The first-order valence-corrected chi connectivity index (χ1v) is 11.5. The van der Waals surface area contributed by atoms with Crippen LogP contribution in [0.25, 0.3) is 0 Å². The van der Waals surface area contributed by atoms with E-state index in [2.05, 4.69) is 17.2 Å². The highest BCUT2D eigenvalue weighted by molar-refractivity contribution is 8.00. The lowest BCUT2D eigenvalue weighted by Crippen LogP contribution is -2.45. The molecule has 2 aliphatic heterocycles. The van der Waals surface area contributed by atoms with Gasteiger partial charge in [0, 0.05) is 33.1 Å². The Morgan fingerprint density at radius 3 is 2.81 bits per heavy atom. The van der Waals surface area contributed by atoms with Crippen molar-refractivity contribution < 1.29 is 9.90 Å². The topological polar surface area (TPSA) is 53.4 Å². The Morgan fingerprint density at radius 1 is 1.33 bits per heavy atom. The summed E-state index contributed by atoms with van der Waals surface area (Å²) in [6.07, 6.45) is 6.14. The second-order valence-electron chi connectivity index (χ2n) is 6.93. The summed E-state index contributed by atoms with van der Waals surface area (Å²) in [4.78, 5) is 20.9. The Hall–Kier alpha value is -1.37. The number of carbonyl (C=O) groups is 1. The van der Waals surface area contributed by atoms with E-state index >= 15 is 0 Å². The number of piperidine rings is 1. The van der Waals surface area contributed by atoms with Crippen LogP contribution in [-0.2, 0) is 4.79 Å². The van der Waals surface area contributed by atoms with Gasteiger partial charge in [0.25, 0.3) is 0 Å². The van der Waals surface area contributed by atoms with Crippen molar-refractivity contribution in [2.45, 2.75) is 40.3 Å². The maximum Gasteiger partial charge on any atom is 0.303 e. The van der Waals surface area contributed by atoms with E-state index in [1.807, 2.05) is 30.5 Å². The summed E-state index contributed by atoms with van der Waals surface area (Å²) in [6, 6.07) is 10.1. The van der Waals surface area contributed by atoms with Crippen molar-refractivity contribution in [3.05, 3.63) is 47.1 Å². The zero-order valence-corrected chi connectivity index (χ0v) is 17.4. The maximum atomic E-state index is 11.5. The van der Waals surface area contributed by atoms with Gasteiger partial charge in [0.2, 0.25) is 0 Å². The third-order valence-electron chi connectivity index (χ3n) is 5.35. The number of hydrogen-bond acceptors (Lipinski definition) is 5. The molecule has 4 nitrogen and oxygen atoms in total. The lowest BCUT2D eigenvalue weighted by atomic mass is 9.85. The van der Waals surface area contributed by atoms with E-state index in [1.165, 1.54) is 10.5 Å². The summed E-state index contributed by atoms with van der Waals surface area (Å²) in [7, 11) is 0. The smallest absolute Gasteiger partial charge is 0.303 e.